The molecule has 0 unspecified atom stereocenters. The highest BCUT2D eigenvalue weighted by molar-refractivity contribution is 7.81. The Kier molecular flexibility index (Phi) is 6.36. The molecule has 6 nitrogen and oxygen atoms in total. The zero-order chi connectivity index (χ0) is 20.1. The molecule has 1 heterocycles. The minimum absolute atomic E-state index is 0.341. The van der Waals surface area contributed by atoms with Crippen molar-refractivity contribution in [3.05, 3.63) is 65.7 Å². The van der Waals surface area contributed by atoms with E-state index < -0.39 is 29.7 Å². The van der Waals surface area contributed by atoms with E-state index >= 15 is 0 Å². The van der Waals surface area contributed by atoms with Gasteiger partial charge in [-0.25, -0.2) is 0 Å². The van der Waals surface area contributed by atoms with E-state index in [0.717, 1.165) is 11.1 Å². The molecule has 0 bridgehead atoms. The minimum Gasteiger partial charge on any atom is -0.480 e. The topological polar surface area (TPSA) is 86.7 Å². The Bertz CT molecular complexity index is 872. The van der Waals surface area contributed by atoms with E-state index in [0.29, 0.717) is 24.9 Å². The van der Waals surface area contributed by atoms with Crippen molar-refractivity contribution in [2.45, 2.75) is 30.6 Å². The quantitative estimate of drug-likeness (QED) is 0.650. The van der Waals surface area contributed by atoms with Crippen LogP contribution < -0.4 is 10.2 Å². The summed E-state index contributed by atoms with van der Waals surface area (Å²) in [5.41, 5.74) is 2.45. The number of carbonyl (C=O) groups is 3. The molecule has 0 radical (unpaired) electrons. The van der Waals surface area contributed by atoms with Crippen molar-refractivity contribution in [1.82, 2.24) is 5.32 Å². The first-order chi connectivity index (χ1) is 13.5. The lowest BCUT2D eigenvalue weighted by Crippen LogP contribution is -2.51. The molecular formula is C21H22N2O4S. The highest BCUT2D eigenvalue weighted by Crippen LogP contribution is 2.27. The third-order valence-corrected chi connectivity index (χ3v) is 5.15. The SMILES string of the molecule is O=C(O)CN1C(=O)[C@H](NC(=O)[C@H](S)Cc2ccccc2)CCc2ccccc21. The zero-order valence-corrected chi connectivity index (χ0v) is 16.1. The largest absolute Gasteiger partial charge is 0.480 e. The smallest absolute Gasteiger partial charge is 0.323 e. The number of nitrogens with zero attached hydrogens (tertiary/aromatic N) is 1. The van der Waals surface area contributed by atoms with E-state index in [1.54, 1.807) is 12.1 Å². The average Bonchev–Trinajstić information content (AvgIpc) is 2.81. The fourth-order valence-electron chi connectivity index (χ4n) is 3.35. The normalized spacial score (nSPS) is 17.4. The Morgan fingerprint density at radius 3 is 2.54 bits per heavy atom. The molecular weight excluding hydrogens is 376 g/mol. The fourth-order valence-corrected chi connectivity index (χ4v) is 3.63. The molecule has 2 atom stereocenters. The number of benzene rings is 2. The second-order valence-electron chi connectivity index (χ2n) is 6.75. The van der Waals surface area contributed by atoms with Crippen LogP contribution in [0, 0.1) is 0 Å². The molecule has 1 aliphatic heterocycles. The average molecular weight is 398 g/mol. The van der Waals surface area contributed by atoms with Gasteiger partial charge < -0.3 is 10.4 Å². The van der Waals surface area contributed by atoms with Gasteiger partial charge in [0.1, 0.15) is 12.6 Å². The molecule has 0 saturated heterocycles. The highest BCUT2D eigenvalue weighted by atomic mass is 32.1. The molecule has 0 spiro atoms. The molecule has 0 fully saturated rings. The molecule has 146 valence electrons. The van der Waals surface area contributed by atoms with Crippen LogP contribution in [0.15, 0.2) is 54.6 Å². The summed E-state index contributed by atoms with van der Waals surface area (Å²) >= 11 is 4.39. The lowest BCUT2D eigenvalue weighted by atomic mass is 10.1. The molecule has 2 amide bonds. The lowest BCUT2D eigenvalue weighted by Gasteiger charge is -2.25. The Balaban J connectivity index is 1.74. The number of rotatable bonds is 6. The highest BCUT2D eigenvalue weighted by Gasteiger charge is 2.33. The van der Waals surface area contributed by atoms with Gasteiger partial charge in [0.15, 0.2) is 0 Å². The fraction of sp³-hybridized carbons (Fsp3) is 0.286. The van der Waals surface area contributed by atoms with Gasteiger partial charge in [-0.3, -0.25) is 19.3 Å². The Morgan fingerprint density at radius 1 is 1.14 bits per heavy atom. The monoisotopic (exact) mass is 398 g/mol. The first-order valence-electron chi connectivity index (χ1n) is 9.09. The van der Waals surface area contributed by atoms with Crippen molar-refractivity contribution >= 4 is 36.1 Å². The maximum absolute atomic E-state index is 13.0. The first kappa shape index (κ1) is 19.9. The van der Waals surface area contributed by atoms with E-state index in [4.69, 9.17) is 0 Å². The number of nitrogens with one attached hydrogen (secondary N) is 1. The molecule has 28 heavy (non-hydrogen) atoms. The molecule has 0 aliphatic carbocycles. The van der Waals surface area contributed by atoms with E-state index in [2.05, 4.69) is 17.9 Å². The number of anilines is 1. The van der Waals surface area contributed by atoms with Crippen LogP contribution in [0.2, 0.25) is 0 Å². The predicted molar refractivity (Wildman–Crippen MR) is 110 cm³/mol. The number of aliphatic carboxylic acids is 1. The maximum Gasteiger partial charge on any atom is 0.323 e. The molecule has 1 aliphatic rings. The standard InChI is InChI=1S/C21H22N2O4S/c24-19(25)13-23-17-9-5-4-8-15(17)10-11-16(21(23)27)22-20(26)18(28)12-14-6-2-1-3-7-14/h1-9,16,18,28H,10-13H2,(H,22,26)(H,24,25)/t16-,18-/m1/s1. The summed E-state index contributed by atoms with van der Waals surface area (Å²) in [6, 6.07) is 16.0. The molecule has 2 N–H and O–H groups in total. The van der Waals surface area contributed by atoms with Crippen molar-refractivity contribution in [3.63, 3.8) is 0 Å². The van der Waals surface area contributed by atoms with Crippen LogP contribution in [-0.4, -0.2) is 40.7 Å². The number of amides is 2. The van der Waals surface area contributed by atoms with Gasteiger partial charge in [0, 0.05) is 5.69 Å². The second-order valence-corrected chi connectivity index (χ2v) is 7.38. The number of hydrogen-bond acceptors (Lipinski definition) is 4. The summed E-state index contributed by atoms with van der Waals surface area (Å²) in [5, 5.41) is 11.4. The van der Waals surface area contributed by atoms with Gasteiger partial charge in [-0.1, -0.05) is 48.5 Å². The van der Waals surface area contributed by atoms with Gasteiger partial charge in [-0.2, -0.15) is 12.6 Å². The Hall–Kier alpha value is -2.80. The summed E-state index contributed by atoms with van der Waals surface area (Å²) in [7, 11) is 0. The molecule has 0 aromatic heterocycles. The number of fused-ring (bicyclic) bond motifs is 1. The van der Waals surface area contributed by atoms with Crippen molar-refractivity contribution in [2.75, 3.05) is 11.4 Å². The van der Waals surface area contributed by atoms with E-state index in [9.17, 15) is 19.5 Å². The molecule has 2 aromatic carbocycles. The third kappa shape index (κ3) is 4.72. The van der Waals surface area contributed by atoms with Gasteiger partial charge >= 0.3 is 5.97 Å². The predicted octanol–water partition coefficient (Wildman–Crippen LogP) is 2.08. The Labute approximate surface area is 169 Å². The van der Waals surface area contributed by atoms with E-state index in [1.807, 2.05) is 42.5 Å². The Morgan fingerprint density at radius 2 is 1.82 bits per heavy atom. The summed E-state index contributed by atoms with van der Waals surface area (Å²) < 4.78 is 0. The van der Waals surface area contributed by atoms with E-state index in [1.165, 1.54) is 4.90 Å². The van der Waals surface area contributed by atoms with Crippen molar-refractivity contribution in [1.29, 1.82) is 0 Å². The first-order valence-corrected chi connectivity index (χ1v) is 9.61. The van der Waals surface area contributed by atoms with Gasteiger partial charge in [0.25, 0.3) is 0 Å². The molecule has 2 aromatic rings. The number of para-hydroxylation sites is 1. The van der Waals surface area contributed by atoms with Crippen molar-refractivity contribution in [2.24, 2.45) is 0 Å². The summed E-state index contributed by atoms with van der Waals surface area (Å²) in [4.78, 5) is 38.1. The number of carbonyl (C=O) groups excluding carboxylic acids is 2. The number of aryl methyl sites for hydroxylation is 1. The van der Waals surface area contributed by atoms with Gasteiger partial charge in [0.2, 0.25) is 11.8 Å². The second kappa shape index (κ2) is 8.93. The van der Waals surface area contributed by atoms with E-state index in [-0.39, 0.29) is 5.91 Å². The van der Waals surface area contributed by atoms with Gasteiger partial charge in [-0.15, -0.1) is 0 Å². The van der Waals surface area contributed by atoms with Crippen LogP contribution >= 0.6 is 12.6 Å². The van der Waals surface area contributed by atoms with Crippen molar-refractivity contribution < 1.29 is 19.5 Å². The van der Waals surface area contributed by atoms with Gasteiger partial charge in [0.05, 0.1) is 5.25 Å². The van der Waals surface area contributed by atoms with Crippen LogP contribution in [0.1, 0.15) is 17.5 Å². The van der Waals surface area contributed by atoms with Crippen molar-refractivity contribution in [3.8, 4) is 0 Å². The molecule has 7 heteroatoms. The summed E-state index contributed by atoms with van der Waals surface area (Å²) in [6.45, 7) is -0.448. The number of hydrogen-bond donors (Lipinski definition) is 3. The maximum atomic E-state index is 13.0. The lowest BCUT2D eigenvalue weighted by molar-refractivity contribution is -0.137. The number of thiol groups is 1. The number of carboxylic acid groups (broad SMARTS) is 1. The number of carboxylic acids is 1. The molecule has 3 rings (SSSR count). The van der Waals surface area contributed by atoms with Crippen LogP contribution in [0.3, 0.4) is 0 Å². The van der Waals surface area contributed by atoms with Crippen LogP contribution in [0.25, 0.3) is 0 Å². The van der Waals surface area contributed by atoms with Gasteiger partial charge in [-0.05, 0) is 36.5 Å². The van der Waals surface area contributed by atoms with Crippen LogP contribution in [-0.2, 0) is 27.2 Å². The minimum atomic E-state index is -1.11. The summed E-state index contributed by atoms with van der Waals surface area (Å²) in [6.07, 6.45) is 1.41. The van der Waals surface area contributed by atoms with Crippen LogP contribution in [0.5, 0.6) is 0 Å². The molecule has 0 saturated carbocycles. The third-order valence-electron chi connectivity index (χ3n) is 4.73. The van der Waals surface area contributed by atoms with Crippen LogP contribution in [0.4, 0.5) is 5.69 Å². The zero-order valence-electron chi connectivity index (χ0n) is 15.2. The summed E-state index contributed by atoms with van der Waals surface area (Å²) in [5.74, 6) is -1.86.